The van der Waals surface area contributed by atoms with Crippen molar-refractivity contribution in [1.82, 2.24) is 15.1 Å². The second-order valence-electron chi connectivity index (χ2n) is 6.83. The Balaban J connectivity index is 1.37. The van der Waals surface area contributed by atoms with Crippen molar-refractivity contribution < 1.29 is 9.53 Å². The molecule has 0 aromatic heterocycles. The maximum atomic E-state index is 12.3. The summed E-state index contributed by atoms with van der Waals surface area (Å²) >= 11 is 0. The van der Waals surface area contributed by atoms with Crippen LogP contribution < -0.4 is 5.32 Å². The Morgan fingerprint density at radius 2 is 1.92 bits per heavy atom. The fourth-order valence-electron chi connectivity index (χ4n) is 3.55. The van der Waals surface area contributed by atoms with E-state index in [0.717, 1.165) is 44.6 Å². The SMILES string of the molecule is O=C(OCc1ccccc1)N1CCC[C@@H](NCCN2CCCC2)C1. The fraction of sp³-hybridized carbons (Fsp3) is 0.632. The van der Waals surface area contributed by atoms with E-state index in [1.54, 1.807) is 0 Å². The van der Waals surface area contributed by atoms with Crippen LogP contribution in [0.5, 0.6) is 0 Å². The van der Waals surface area contributed by atoms with Crippen molar-refractivity contribution in [3.05, 3.63) is 35.9 Å². The van der Waals surface area contributed by atoms with Crippen LogP contribution in [0.15, 0.2) is 30.3 Å². The second-order valence-corrected chi connectivity index (χ2v) is 6.83. The van der Waals surface area contributed by atoms with Gasteiger partial charge in [0.1, 0.15) is 6.61 Å². The van der Waals surface area contributed by atoms with Gasteiger partial charge in [-0.3, -0.25) is 0 Å². The summed E-state index contributed by atoms with van der Waals surface area (Å²) in [5.74, 6) is 0. The third kappa shape index (κ3) is 5.21. The van der Waals surface area contributed by atoms with Crippen LogP contribution in [-0.4, -0.2) is 61.2 Å². The summed E-state index contributed by atoms with van der Waals surface area (Å²) in [7, 11) is 0. The molecule has 3 rings (SSSR count). The van der Waals surface area contributed by atoms with Crippen LogP contribution in [0.1, 0.15) is 31.2 Å². The number of nitrogens with zero attached hydrogens (tertiary/aromatic N) is 2. The van der Waals surface area contributed by atoms with Gasteiger partial charge in [0.2, 0.25) is 0 Å². The molecular formula is C19H29N3O2. The number of benzene rings is 1. The molecule has 0 bridgehead atoms. The molecule has 5 nitrogen and oxygen atoms in total. The van der Waals surface area contributed by atoms with Crippen molar-refractivity contribution >= 4 is 6.09 Å². The molecule has 0 spiro atoms. The average Bonchev–Trinajstić information content (AvgIpc) is 3.14. The Hall–Kier alpha value is -1.59. The molecule has 2 fully saturated rings. The summed E-state index contributed by atoms with van der Waals surface area (Å²) in [6.07, 6.45) is 4.67. The molecule has 24 heavy (non-hydrogen) atoms. The first-order valence-electron chi connectivity index (χ1n) is 9.22. The molecule has 0 unspecified atom stereocenters. The van der Waals surface area contributed by atoms with Gasteiger partial charge < -0.3 is 19.9 Å². The van der Waals surface area contributed by atoms with Crippen molar-refractivity contribution in [2.75, 3.05) is 39.3 Å². The van der Waals surface area contributed by atoms with Crippen LogP contribution >= 0.6 is 0 Å². The predicted octanol–water partition coefficient (Wildman–Crippen LogP) is 2.47. The van der Waals surface area contributed by atoms with Crippen LogP contribution in [-0.2, 0) is 11.3 Å². The summed E-state index contributed by atoms with van der Waals surface area (Å²) in [5.41, 5.74) is 1.03. The monoisotopic (exact) mass is 331 g/mol. The minimum Gasteiger partial charge on any atom is -0.445 e. The van der Waals surface area contributed by atoms with E-state index in [4.69, 9.17) is 4.74 Å². The predicted molar refractivity (Wildman–Crippen MR) is 94.9 cm³/mol. The van der Waals surface area contributed by atoms with Crippen LogP contribution in [0.3, 0.4) is 0 Å². The Morgan fingerprint density at radius 1 is 1.12 bits per heavy atom. The van der Waals surface area contributed by atoms with Crippen molar-refractivity contribution in [2.24, 2.45) is 0 Å². The molecule has 2 aliphatic heterocycles. The molecule has 1 N–H and O–H groups in total. The lowest BCUT2D eigenvalue weighted by atomic mass is 10.1. The van der Waals surface area contributed by atoms with E-state index in [-0.39, 0.29) is 6.09 Å². The van der Waals surface area contributed by atoms with Crippen molar-refractivity contribution in [1.29, 1.82) is 0 Å². The molecule has 0 saturated carbocycles. The van der Waals surface area contributed by atoms with Crippen LogP contribution in [0, 0.1) is 0 Å². The minimum absolute atomic E-state index is 0.190. The number of carbonyl (C=O) groups excluding carboxylic acids is 1. The Labute approximate surface area is 145 Å². The highest BCUT2D eigenvalue weighted by molar-refractivity contribution is 5.67. The van der Waals surface area contributed by atoms with Gasteiger partial charge in [-0.2, -0.15) is 0 Å². The van der Waals surface area contributed by atoms with E-state index >= 15 is 0 Å². The molecule has 132 valence electrons. The van der Waals surface area contributed by atoms with Gasteiger partial charge in [-0.1, -0.05) is 30.3 Å². The molecule has 2 saturated heterocycles. The smallest absolute Gasteiger partial charge is 0.410 e. The van der Waals surface area contributed by atoms with Crippen molar-refractivity contribution in [3.63, 3.8) is 0 Å². The third-order valence-corrected chi connectivity index (χ3v) is 4.94. The van der Waals surface area contributed by atoms with Gasteiger partial charge in [0, 0.05) is 32.2 Å². The van der Waals surface area contributed by atoms with Crippen LogP contribution in [0.2, 0.25) is 0 Å². The number of likely N-dealkylation sites (tertiary alicyclic amines) is 2. The van der Waals surface area contributed by atoms with Gasteiger partial charge in [0.05, 0.1) is 0 Å². The number of nitrogens with one attached hydrogen (secondary N) is 1. The molecule has 5 heteroatoms. The average molecular weight is 331 g/mol. The molecule has 1 amide bonds. The zero-order valence-corrected chi connectivity index (χ0v) is 14.5. The van der Waals surface area contributed by atoms with Gasteiger partial charge >= 0.3 is 6.09 Å². The molecule has 2 heterocycles. The lowest BCUT2D eigenvalue weighted by Gasteiger charge is -2.33. The van der Waals surface area contributed by atoms with E-state index in [1.807, 2.05) is 35.2 Å². The van der Waals surface area contributed by atoms with Crippen molar-refractivity contribution in [2.45, 2.75) is 38.3 Å². The zero-order chi connectivity index (χ0) is 16.6. The quantitative estimate of drug-likeness (QED) is 0.870. The van der Waals surface area contributed by atoms with Gasteiger partial charge in [0.25, 0.3) is 0 Å². The highest BCUT2D eigenvalue weighted by Crippen LogP contribution is 2.13. The first kappa shape index (κ1) is 17.2. The topological polar surface area (TPSA) is 44.8 Å². The first-order chi connectivity index (χ1) is 11.8. The maximum Gasteiger partial charge on any atom is 0.410 e. The third-order valence-electron chi connectivity index (χ3n) is 4.94. The summed E-state index contributed by atoms with van der Waals surface area (Å²) in [6.45, 7) is 6.52. The van der Waals surface area contributed by atoms with Crippen molar-refractivity contribution in [3.8, 4) is 0 Å². The van der Waals surface area contributed by atoms with Crippen LogP contribution in [0.25, 0.3) is 0 Å². The molecule has 1 atom stereocenters. The number of piperidine rings is 1. The Kier molecular flexibility index (Phi) is 6.49. The second kappa shape index (κ2) is 9.04. The summed E-state index contributed by atoms with van der Waals surface area (Å²) in [5, 5.41) is 3.62. The molecule has 2 aliphatic rings. The van der Waals surface area contributed by atoms with E-state index in [0.29, 0.717) is 12.6 Å². The lowest BCUT2D eigenvalue weighted by Crippen LogP contribution is -2.49. The summed E-state index contributed by atoms with van der Waals surface area (Å²) < 4.78 is 5.45. The summed E-state index contributed by atoms with van der Waals surface area (Å²) in [6, 6.07) is 10.2. The number of hydrogen-bond acceptors (Lipinski definition) is 4. The van der Waals surface area contributed by atoms with E-state index in [9.17, 15) is 4.79 Å². The molecule has 1 aromatic rings. The molecule has 0 radical (unpaired) electrons. The fourth-order valence-corrected chi connectivity index (χ4v) is 3.55. The summed E-state index contributed by atoms with van der Waals surface area (Å²) in [4.78, 5) is 16.6. The minimum atomic E-state index is -0.190. The van der Waals surface area contributed by atoms with Gasteiger partial charge in [-0.15, -0.1) is 0 Å². The normalized spacial score (nSPS) is 21.8. The van der Waals surface area contributed by atoms with Crippen LogP contribution in [0.4, 0.5) is 4.79 Å². The van der Waals surface area contributed by atoms with Gasteiger partial charge in [-0.05, 0) is 44.3 Å². The van der Waals surface area contributed by atoms with E-state index < -0.39 is 0 Å². The lowest BCUT2D eigenvalue weighted by molar-refractivity contribution is 0.0831. The Bertz CT molecular complexity index is 503. The molecule has 0 aliphatic carbocycles. The van der Waals surface area contributed by atoms with E-state index in [1.165, 1.54) is 25.9 Å². The zero-order valence-electron chi connectivity index (χ0n) is 14.5. The highest BCUT2D eigenvalue weighted by Gasteiger charge is 2.24. The maximum absolute atomic E-state index is 12.3. The number of carbonyl (C=O) groups is 1. The number of hydrogen-bond donors (Lipinski definition) is 1. The van der Waals surface area contributed by atoms with Gasteiger partial charge in [0.15, 0.2) is 0 Å². The molecule has 1 aromatic carbocycles. The highest BCUT2D eigenvalue weighted by atomic mass is 16.6. The van der Waals surface area contributed by atoms with E-state index in [2.05, 4.69) is 10.2 Å². The molecular weight excluding hydrogens is 302 g/mol. The first-order valence-corrected chi connectivity index (χ1v) is 9.22. The Morgan fingerprint density at radius 3 is 2.71 bits per heavy atom. The largest absolute Gasteiger partial charge is 0.445 e. The number of amides is 1. The van der Waals surface area contributed by atoms with Gasteiger partial charge in [-0.25, -0.2) is 4.79 Å². The number of ether oxygens (including phenoxy) is 1. The number of rotatable bonds is 6. The standard InChI is InChI=1S/C19H29N3O2/c23-19(24-16-17-7-2-1-3-8-17)22-13-6-9-18(15-22)20-10-14-21-11-4-5-12-21/h1-3,7-8,18,20H,4-6,9-16H2/t18-/m1/s1.